The lowest BCUT2D eigenvalue weighted by Crippen LogP contribution is -2.51. The Balaban J connectivity index is 1.37. The van der Waals surface area contributed by atoms with Crippen molar-refractivity contribution in [3.05, 3.63) is 95.3 Å². The summed E-state index contributed by atoms with van der Waals surface area (Å²) in [7, 11) is 0. The standard InChI is InChI=1S/C32H38FN3O3/c1-23-4-6-24(7-5-23)20-35-18-16-29(17-19-35)34-31(38)36(22-30(37)32(2,3)39)21-25-8-10-26(11-9-25)27-12-14-28(33)15-13-27/h4-15,29,39H,16-22H2,1-3H3,(H,34,38). The van der Waals surface area contributed by atoms with Crippen molar-refractivity contribution in [2.24, 2.45) is 0 Å². The molecule has 0 bridgehead atoms. The lowest BCUT2D eigenvalue weighted by molar-refractivity contribution is -0.134. The molecule has 1 aliphatic heterocycles. The van der Waals surface area contributed by atoms with Crippen molar-refractivity contribution in [1.29, 1.82) is 0 Å². The Morgan fingerprint density at radius 2 is 1.46 bits per heavy atom. The Kier molecular flexibility index (Phi) is 9.15. The van der Waals surface area contributed by atoms with Gasteiger partial charge in [0.25, 0.3) is 0 Å². The number of urea groups is 1. The minimum Gasteiger partial charge on any atom is -0.383 e. The Hall–Kier alpha value is -3.55. The smallest absolute Gasteiger partial charge is 0.318 e. The molecule has 0 aromatic heterocycles. The summed E-state index contributed by atoms with van der Waals surface area (Å²) in [5.74, 6) is -0.709. The molecule has 206 valence electrons. The molecule has 0 saturated carbocycles. The summed E-state index contributed by atoms with van der Waals surface area (Å²) >= 11 is 0. The summed E-state index contributed by atoms with van der Waals surface area (Å²) in [6.45, 7) is 7.64. The molecule has 0 unspecified atom stereocenters. The molecule has 1 aliphatic rings. The van der Waals surface area contributed by atoms with Crippen molar-refractivity contribution in [2.75, 3.05) is 19.6 Å². The van der Waals surface area contributed by atoms with Crippen LogP contribution < -0.4 is 5.32 Å². The van der Waals surface area contributed by atoms with Crippen molar-refractivity contribution < 1.29 is 19.1 Å². The number of carbonyl (C=O) groups excluding carboxylic acids is 2. The van der Waals surface area contributed by atoms with Crippen LogP contribution in [0.3, 0.4) is 0 Å². The first-order valence-corrected chi connectivity index (χ1v) is 13.5. The van der Waals surface area contributed by atoms with Gasteiger partial charge < -0.3 is 15.3 Å². The van der Waals surface area contributed by atoms with Crippen molar-refractivity contribution in [3.63, 3.8) is 0 Å². The molecular formula is C32H38FN3O3. The summed E-state index contributed by atoms with van der Waals surface area (Å²) in [5, 5.41) is 13.3. The topological polar surface area (TPSA) is 72.9 Å². The van der Waals surface area contributed by atoms with Crippen LogP contribution in [0, 0.1) is 12.7 Å². The average Bonchev–Trinajstić information content (AvgIpc) is 2.91. The summed E-state index contributed by atoms with van der Waals surface area (Å²) in [6.07, 6.45) is 1.66. The molecule has 1 fully saturated rings. The predicted molar refractivity (Wildman–Crippen MR) is 152 cm³/mol. The van der Waals surface area contributed by atoms with Crippen LogP contribution in [0.5, 0.6) is 0 Å². The van der Waals surface area contributed by atoms with E-state index >= 15 is 0 Å². The quantitative estimate of drug-likeness (QED) is 0.392. The van der Waals surface area contributed by atoms with E-state index in [1.165, 1.54) is 42.0 Å². The fraction of sp³-hybridized carbons (Fsp3) is 0.375. The number of aliphatic hydroxyl groups is 1. The van der Waals surface area contributed by atoms with Crippen LogP contribution in [-0.4, -0.2) is 58.0 Å². The molecule has 0 spiro atoms. The number of aryl methyl sites for hydroxylation is 1. The predicted octanol–water partition coefficient (Wildman–Crippen LogP) is 5.32. The second kappa shape index (κ2) is 12.5. The number of nitrogens with zero attached hydrogens (tertiary/aromatic N) is 2. The van der Waals surface area contributed by atoms with Crippen LogP contribution in [0.4, 0.5) is 9.18 Å². The number of amides is 2. The zero-order valence-corrected chi connectivity index (χ0v) is 23.0. The fourth-order valence-electron chi connectivity index (χ4n) is 4.68. The largest absolute Gasteiger partial charge is 0.383 e. The molecule has 2 N–H and O–H groups in total. The second-order valence-corrected chi connectivity index (χ2v) is 11.0. The number of nitrogens with one attached hydrogen (secondary N) is 1. The Bertz CT molecular complexity index is 1240. The van der Waals surface area contributed by atoms with Crippen LogP contribution in [0.25, 0.3) is 11.1 Å². The van der Waals surface area contributed by atoms with E-state index in [2.05, 4.69) is 41.4 Å². The van der Waals surface area contributed by atoms with Gasteiger partial charge in [0.2, 0.25) is 0 Å². The van der Waals surface area contributed by atoms with E-state index in [1.807, 2.05) is 24.3 Å². The first-order valence-electron chi connectivity index (χ1n) is 13.5. The van der Waals surface area contributed by atoms with Gasteiger partial charge in [-0.25, -0.2) is 9.18 Å². The highest BCUT2D eigenvalue weighted by Crippen LogP contribution is 2.21. The van der Waals surface area contributed by atoms with E-state index in [1.54, 1.807) is 12.1 Å². The summed E-state index contributed by atoms with van der Waals surface area (Å²) in [4.78, 5) is 29.9. The molecular weight excluding hydrogens is 493 g/mol. The van der Waals surface area contributed by atoms with Gasteiger partial charge >= 0.3 is 6.03 Å². The molecule has 3 aromatic carbocycles. The number of benzene rings is 3. The molecule has 0 aliphatic carbocycles. The summed E-state index contributed by atoms with van der Waals surface area (Å²) in [5.41, 5.74) is 3.67. The van der Waals surface area contributed by atoms with Crippen molar-refractivity contribution >= 4 is 11.8 Å². The van der Waals surface area contributed by atoms with Crippen LogP contribution in [-0.2, 0) is 17.9 Å². The van der Waals surface area contributed by atoms with Gasteiger partial charge in [-0.15, -0.1) is 0 Å². The maximum absolute atomic E-state index is 13.3. The number of carbonyl (C=O) groups is 2. The normalized spacial score (nSPS) is 14.7. The molecule has 4 rings (SSSR count). The van der Waals surface area contributed by atoms with Crippen LogP contribution in [0.2, 0.25) is 0 Å². The van der Waals surface area contributed by atoms with E-state index in [0.717, 1.165) is 49.2 Å². The van der Waals surface area contributed by atoms with Gasteiger partial charge in [-0.3, -0.25) is 9.69 Å². The van der Waals surface area contributed by atoms with Gasteiger partial charge in [0, 0.05) is 32.2 Å². The molecule has 0 atom stereocenters. The lowest BCUT2D eigenvalue weighted by atomic mass is 10.0. The van der Waals surface area contributed by atoms with Gasteiger partial charge in [-0.1, -0.05) is 66.2 Å². The highest BCUT2D eigenvalue weighted by Gasteiger charge is 2.29. The van der Waals surface area contributed by atoms with Gasteiger partial charge in [0.15, 0.2) is 5.78 Å². The number of likely N-dealkylation sites (tertiary alicyclic amines) is 1. The van der Waals surface area contributed by atoms with Crippen LogP contribution in [0.1, 0.15) is 43.4 Å². The fourth-order valence-corrected chi connectivity index (χ4v) is 4.68. The maximum atomic E-state index is 13.3. The van der Waals surface area contributed by atoms with Crippen molar-refractivity contribution in [3.8, 4) is 11.1 Å². The molecule has 0 radical (unpaired) electrons. The van der Waals surface area contributed by atoms with Gasteiger partial charge in [0.05, 0.1) is 6.54 Å². The number of ketones is 1. The summed E-state index contributed by atoms with van der Waals surface area (Å²) in [6, 6.07) is 22.2. The third kappa shape index (κ3) is 8.22. The van der Waals surface area contributed by atoms with Gasteiger partial charge in [-0.2, -0.15) is 0 Å². The van der Waals surface area contributed by atoms with Crippen molar-refractivity contribution in [2.45, 2.75) is 58.3 Å². The van der Waals surface area contributed by atoms with Gasteiger partial charge in [-0.05, 0) is 68.0 Å². The molecule has 2 amide bonds. The number of hydrogen-bond acceptors (Lipinski definition) is 4. The minimum atomic E-state index is -1.54. The maximum Gasteiger partial charge on any atom is 0.318 e. The van der Waals surface area contributed by atoms with Crippen LogP contribution >= 0.6 is 0 Å². The Morgan fingerprint density at radius 1 is 0.923 bits per heavy atom. The minimum absolute atomic E-state index is 0.0207. The molecule has 39 heavy (non-hydrogen) atoms. The monoisotopic (exact) mass is 531 g/mol. The zero-order valence-electron chi connectivity index (χ0n) is 23.0. The van der Waals surface area contributed by atoms with E-state index in [9.17, 15) is 19.1 Å². The number of Topliss-reactive ketones (excluding diaryl/α,β-unsaturated/α-hetero) is 1. The number of rotatable bonds is 9. The third-order valence-corrected chi connectivity index (χ3v) is 7.25. The number of piperidine rings is 1. The molecule has 6 nitrogen and oxygen atoms in total. The van der Waals surface area contributed by atoms with E-state index in [-0.39, 0.29) is 31.0 Å². The first-order chi connectivity index (χ1) is 18.6. The molecule has 1 heterocycles. The lowest BCUT2D eigenvalue weighted by Gasteiger charge is -2.34. The Labute approximate surface area is 230 Å². The molecule has 3 aromatic rings. The van der Waals surface area contributed by atoms with E-state index < -0.39 is 11.4 Å². The van der Waals surface area contributed by atoms with E-state index in [4.69, 9.17) is 0 Å². The number of hydrogen-bond donors (Lipinski definition) is 2. The Morgan fingerprint density at radius 3 is 2.03 bits per heavy atom. The SMILES string of the molecule is Cc1ccc(CN2CCC(NC(=O)N(CC(=O)C(C)(C)O)Cc3ccc(-c4ccc(F)cc4)cc3)CC2)cc1. The zero-order chi connectivity index (χ0) is 28.0. The highest BCUT2D eigenvalue weighted by molar-refractivity contribution is 5.91. The molecule has 7 heteroatoms. The van der Waals surface area contributed by atoms with Gasteiger partial charge in [0.1, 0.15) is 11.4 Å². The third-order valence-electron chi connectivity index (χ3n) is 7.25. The second-order valence-electron chi connectivity index (χ2n) is 11.0. The van der Waals surface area contributed by atoms with E-state index in [0.29, 0.717) is 0 Å². The van der Waals surface area contributed by atoms with Crippen molar-refractivity contribution in [1.82, 2.24) is 15.1 Å². The molecule has 1 saturated heterocycles. The highest BCUT2D eigenvalue weighted by atomic mass is 19.1. The summed E-state index contributed by atoms with van der Waals surface area (Å²) < 4.78 is 13.3. The average molecular weight is 532 g/mol. The number of halogens is 1. The van der Waals surface area contributed by atoms with Crippen LogP contribution in [0.15, 0.2) is 72.8 Å². The first kappa shape index (κ1) is 28.5.